The molecule has 144 valence electrons. The first-order valence-corrected chi connectivity index (χ1v) is 12.5. The smallest absolute Gasteiger partial charge is 0.355 e. The van der Waals surface area contributed by atoms with E-state index < -0.39 is 27.5 Å². The second-order valence-electron chi connectivity index (χ2n) is 7.33. The lowest BCUT2D eigenvalue weighted by atomic mass is 10.0. The van der Waals surface area contributed by atoms with E-state index in [1.165, 1.54) is 21.3 Å². The fourth-order valence-corrected chi connectivity index (χ4v) is 3.42. The maximum absolute atomic E-state index is 12.1. The molecule has 9 heteroatoms. The highest BCUT2D eigenvalue weighted by Gasteiger charge is 2.41. The molecule has 0 aromatic heterocycles. The summed E-state index contributed by atoms with van der Waals surface area (Å²) in [6.45, 7) is 12.6. The fraction of sp³-hybridized carbons (Fsp3) is 0.933. The van der Waals surface area contributed by atoms with Crippen LogP contribution in [0.25, 0.3) is 0 Å². The Morgan fingerprint density at radius 2 is 1.54 bits per heavy atom. The highest BCUT2D eigenvalue weighted by molar-refractivity contribution is 7.53. The average Bonchev–Trinajstić information content (AvgIpc) is 2.50. The van der Waals surface area contributed by atoms with Gasteiger partial charge in [-0.05, 0) is 25.1 Å². The molecular weight excluding hydrogens is 351 g/mol. The first-order chi connectivity index (χ1) is 10.8. The van der Waals surface area contributed by atoms with Crippen LogP contribution in [0.15, 0.2) is 0 Å². The zero-order chi connectivity index (χ0) is 19.2. The molecule has 0 N–H and O–H groups in total. The van der Waals surface area contributed by atoms with Crippen molar-refractivity contribution in [2.45, 2.75) is 57.8 Å². The molecule has 0 heterocycles. The van der Waals surface area contributed by atoms with Crippen LogP contribution in [0, 0.1) is 0 Å². The van der Waals surface area contributed by atoms with Crippen LogP contribution in [-0.4, -0.2) is 54.2 Å². The summed E-state index contributed by atoms with van der Waals surface area (Å²) < 4.78 is 38.3. The lowest BCUT2D eigenvalue weighted by molar-refractivity contribution is -0.167. The second-order valence-corrected chi connectivity index (χ2v) is 14.4. The molecule has 7 nitrogen and oxygen atoms in total. The van der Waals surface area contributed by atoms with E-state index in [0.717, 1.165) is 0 Å². The van der Waals surface area contributed by atoms with Crippen molar-refractivity contribution in [1.82, 2.24) is 0 Å². The van der Waals surface area contributed by atoms with Gasteiger partial charge < -0.3 is 22.9 Å². The molecule has 0 rings (SSSR count). The van der Waals surface area contributed by atoms with Crippen LogP contribution in [0.1, 0.15) is 34.1 Å². The van der Waals surface area contributed by atoms with E-state index in [-0.39, 0.29) is 17.8 Å². The SMILES string of the molecule is COC(=O)C(C)(CCO[Si](C)(C)C(C)(C)C)OCP(=O)(OC)OC. The summed E-state index contributed by atoms with van der Waals surface area (Å²) in [7, 11) is -1.50. The normalized spacial score (nSPS) is 15.9. The van der Waals surface area contributed by atoms with Gasteiger partial charge in [0.05, 0.1) is 7.11 Å². The van der Waals surface area contributed by atoms with Crippen LogP contribution in [0.2, 0.25) is 18.1 Å². The summed E-state index contributed by atoms with van der Waals surface area (Å²) >= 11 is 0. The lowest BCUT2D eigenvalue weighted by Gasteiger charge is -2.37. The Morgan fingerprint density at radius 1 is 1.04 bits per heavy atom. The lowest BCUT2D eigenvalue weighted by Crippen LogP contribution is -2.45. The van der Waals surface area contributed by atoms with Crippen molar-refractivity contribution < 1.29 is 32.3 Å². The van der Waals surface area contributed by atoms with E-state index in [0.29, 0.717) is 6.61 Å². The third-order valence-electron chi connectivity index (χ3n) is 4.56. The van der Waals surface area contributed by atoms with Crippen LogP contribution in [-0.2, 0) is 32.3 Å². The molecule has 0 aliphatic carbocycles. The van der Waals surface area contributed by atoms with E-state index in [9.17, 15) is 9.36 Å². The van der Waals surface area contributed by atoms with E-state index in [1.807, 2.05) is 0 Å². The molecule has 1 atom stereocenters. The molecule has 0 bridgehead atoms. The van der Waals surface area contributed by atoms with Gasteiger partial charge in [0.15, 0.2) is 13.9 Å². The highest BCUT2D eigenvalue weighted by atomic mass is 31.2. The fourth-order valence-electron chi connectivity index (χ4n) is 1.57. The van der Waals surface area contributed by atoms with Crippen molar-refractivity contribution in [3.05, 3.63) is 0 Å². The minimum Gasteiger partial charge on any atom is -0.467 e. The number of carbonyl (C=O) groups is 1. The zero-order valence-corrected chi connectivity index (χ0v) is 18.3. The van der Waals surface area contributed by atoms with Gasteiger partial charge in [0.2, 0.25) is 0 Å². The van der Waals surface area contributed by atoms with Crippen LogP contribution < -0.4 is 0 Å². The number of esters is 1. The molecule has 0 aromatic carbocycles. The molecule has 24 heavy (non-hydrogen) atoms. The van der Waals surface area contributed by atoms with E-state index in [2.05, 4.69) is 33.9 Å². The van der Waals surface area contributed by atoms with Gasteiger partial charge in [-0.1, -0.05) is 20.8 Å². The Hall–Kier alpha value is -0.243. The number of rotatable bonds is 10. The van der Waals surface area contributed by atoms with Gasteiger partial charge in [0.1, 0.15) is 6.35 Å². The molecule has 0 saturated heterocycles. The monoisotopic (exact) mass is 384 g/mol. The molecule has 0 amide bonds. The first-order valence-electron chi connectivity index (χ1n) is 7.84. The van der Waals surface area contributed by atoms with Crippen LogP contribution in [0.4, 0.5) is 0 Å². The molecule has 0 fully saturated rings. The predicted molar refractivity (Wildman–Crippen MR) is 95.8 cm³/mol. The van der Waals surface area contributed by atoms with Gasteiger partial charge in [-0.15, -0.1) is 0 Å². The summed E-state index contributed by atoms with van der Waals surface area (Å²) in [6, 6.07) is 0. The van der Waals surface area contributed by atoms with Gasteiger partial charge in [0.25, 0.3) is 0 Å². The van der Waals surface area contributed by atoms with Crippen LogP contribution >= 0.6 is 7.60 Å². The number of hydrogen-bond acceptors (Lipinski definition) is 7. The Morgan fingerprint density at radius 3 is 1.92 bits per heavy atom. The van der Waals surface area contributed by atoms with Crippen molar-refractivity contribution in [3.63, 3.8) is 0 Å². The Labute approximate surface area is 147 Å². The van der Waals surface area contributed by atoms with Crippen molar-refractivity contribution in [2.24, 2.45) is 0 Å². The van der Waals surface area contributed by atoms with Gasteiger partial charge in [-0.3, -0.25) is 4.57 Å². The zero-order valence-electron chi connectivity index (χ0n) is 16.4. The van der Waals surface area contributed by atoms with E-state index in [1.54, 1.807) is 6.92 Å². The average molecular weight is 384 g/mol. The predicted octanol–water partition coefficient (Wildman–Crippen LogP) is 3.79. The first kappa shape index (κ1) is 23.8. The summed E-state index contributed by atoms with van der Waals surface area (Å²) in [5.74, 6) is -0.555. The summed E-state index contributed by atoms with van der Waals surface area (Å²) in [5, 5.41) is 0.0668. The Bertz CT molecular complexity index is 453. The van der Waals surface area contributed by atoms with Crippen LogP contribution in [0.3, 0.4) is 0 Å². The molecule has 0 saturated carbocycles. The van der Waals surface area contributed by atoms with E-state index >= 15 is 0 Å². The quantitative estimate of drug-likeness (QED) is 0.322. The molecule has 1 unspecified atom stereocenters. The van der Waals surface area contributed by atoms with E-state index in [4.69, 9.17) is 22.9 Å². The number of ether oxygens (including phenoxy) is 2. The van der Waals surface area contributed by atoms with Gasteiger partial charge >= 0.3 is 13.6 Å². The molecule has 0 aromatic rings. The Balaban J connectivity index is 4.96. The summed E-state index contributed by atoms with van der Waals surface area (Å²) in [6.07, 6.45) is -0.0642. The number of hydrogen-bond donors (Lipinski definition) is 0. The third-order valence-corrected chi connectivity index (χ3v) is 10.7. The minimum absolute atomic E-state index is 0.0668. The van der Waals surface area contributed by atoms with Gasteiger partial charge in [0, 0.05) is 27.2 Å². The molecule has 0 aliphatic heterocycles. The number of carbonyl (C=O) groups excluding carboxylic acids is 1. The summed E-state index contributed by atoms with van der Waals surface area (Å²) in [4.78, 5) is 12.1. The topological polar surface area (TPSA) is 80.3 Å². The molecular formula is C15H33O7PSi. The third kappa shape index (κ3) is 6.58. The van der Waals surface area contributed by atoms with Crippen molar-refractivity contribution >= 4 is 21.9 Å². The van der Waals surface area contributed by atoms with Crippen molar-refractivity contribution in [1.29, 1.82) is 0 Å². The molecule has 0 radical (unpaired) electrons. The molecule has 0 spiro atoms. The standard InChI is InChI=1S/C15H33O7PSi/c1-14(2,3)24(8,9)22-11-10-15(4,13(16)18-5)21-12-23(17,19-6)20-7/h10-12H2,1-9H3. The van der Waals surface area contributed by atoms with Gasteiger partial charge in [-0.2, -0.15) is 0 Å². The number of methoxy groups -OCH3 is 1. The largest absolute Gasteiger partial charge is 0.467 e. The maximum atomic E-state index is 12.1. The maximum Gasteiger partial charge on any atom is 0.355 e. The second kappa shape index (κ2) is 8.92. The minimum atomic E-state index is -3.38. The van der Waals surface area contributed by atoms with Crippen molar-refractivity contribution in [3.8, 4) is 0 Å². The van der Waals surface area contributed by atoms with Crippen molar-refractivity contribution in [2.75, 3.05) is 34.3 Å². The van der Waals surface area contributed by atoms with Gasteiger partial charge in [-0.25, -0.2) is 4.79 Å². The Kier molecular flexibility index (Phi) is 8.83. The van der Waals surface area contributed by atoms with Crippen LogP contribution in [0.5, 0.6) is 0 Å². The highest BCUT2D eigenvalue weighted by Crippen LogP contribution is 2.47. The summed E-state index contributed by atoms with van der Waals surface area (Å²) in [5.41, 5.74) is -1.29. The molecule has 0 aliphatic rings.